The molecule has 0 bridgehead atoms. The first-order chi connectivity index (χ1) is 5.72. The molecule has 1 aromatic rings. The third kappa shape index (κ3) is 2.59. The molecule has 1 rings (SSSR count). The minimum absolute atomic E-state index is 0.0872. The van der Waals surface area contributed by atoms with Gasteiger partial charge < -0.3 is 5.32 Å². The molecule has 0 saturated carbocycles. The van der Waals surface area contributed by atoms with Crippen molar-refractivity contribution in [1.29, 1.82) is 0 Å². The van der Waals surface area contributed by atoms with E-state index >= 15 is 0 Å². The van der Waals surface area contributed by atoms with E-state index in [9.17, 15) is 9.28 Å². The first kappa shape index (κ1) is 9.14. The number of aromatic nitrogens is 1. The molecule has 0 spiro atoms. The Bertz CT molecular complexity index is 320. The molecule has 0 aliphatic rings. The van der Waals surface area contributed by atoms with Crippen molar-refractivity contribution in [2.45, 2.75) is 6.54 Å². The zero-order valence-corrected chi connectivity index (χ0v) is 7.52. The van der Waals surface area contributed by atoms with Gasteiger partial charge in [0.15, 0.2) is 5.11 Å². The molecule has 0 saturated heterocycles. The molecular formula is C5H6FN3OS2. The van der Waals surface area contributed by atoms with E-state index in [4.69, 9.17) is 0 Å². The number of hydrogen-bond acceptors (Lipinski definition) is 3. The van der Waals surface area contributed by atoms with Gasteiger partial charge in [-0.1, -0.05) is 11.5 Å². The Kier molecular flexibility index (Phi) is 3.18. The number of halogens is 1. The van der Waals surface area contributed by atoms with E-state index in [1.807, 2.05) is 0 Å². The molecule has 7 heteroatoms. The number of rotatable bonds is 2. The van der Waals surface area contributed by atoms with Crippen molar-refractivity contribution in [3.63, 3.8) is 0 Å². The van der Waals surface area contributed by atoms with Crippen molar-refractivity contribution in [2.24, 2.45) is 0 Å². The van der Waals surface area contributed by atoms with Gasteiger partial charge in [-0.3, -0.25) is 9.17 Å². The van der Waals surface area contributed by atoms with E-state index in [1.54, 1.807) is 0 Å². The van der Waals surface area contributed by atoms with Gasteiger partial charge in [0, 0.05) is 10.9 Å². The fraction of sp³-hybridized carbons (Fsp3) is 0.200. The highest BCUT2D eigenvalue weighted by Gasteiger charge is 1.97. The van der Waals surface area contributed by atoms with Crippen molar-refractivity contribution >= 4 is 28.9 Å². The van der Waals surface area contributed by atoms with Crippen LogP contribution in [0.4, 0.5) is 4.48 Å². The zero-order chi connectivity index (χ0) is 8.97. The Hall–Kier alpha value is -0.950. The minimum Gasteiger partial charge on any atom is -0.356 e. The molecule has 0 amide bonds. The molecule has 3 N–H and O–H groups in total. The van der Waals surface area contributed by atoms with Crippen LogP contribution in [0.1, 0.15) is 4.88 Å². The maximum absolute atomic E-state index is 11.6. The van der Waals surface area contributed by atoms with Crippen LogP contribution in [-0.2, 0) is 6.54 Å². The highest BCUT2D eigenvalue weighted by Crippen LogP contribution is 1.98. The van der Waals surface area contributed by atoms with Crippen LogP contribution in [0.3, 0.4) is 0 Å². The Morgan fingerprint density at radius 3 is 3.08 bits per heavy atom. The lowest BCUT2D eigenvalue weighted by Crippen LogP contribution is -2.29. The summed E-state index contributed by atoms with van der Waals surface area (Å²) in [5, 5.41) is 2.47. The van der Waals surface area contributed by atoms with Gasteiger partial charge in [-0.05, 0) is 12.2 Å². The molecule has 12 heavy (non-hydrogen) atoms. The van der Waals surface area contributed by atoms with Crippen molar-refractivity contribution in [2.75, 3.05) is 0 Å². The highest BCUT2D eigenvalue weighted by molar-refractivity contribution is 7.80. The second-order valence-electron chi connectivity index (χ2n) is 1.96. The molecule has 0 aliphatic heterocycles. The van der Waals surface area contributed by atoms with Gasteiger partial charge in [0.1, 0.15) is 0 Å². The molecule has 0 fully saturated rings. The third-order valence-corrected chi connectivity index (χ3v) is 2.13. The summed E-state index contributed by atoms with van der Waals surface area (Å²) in [5.41, 5.74) is 1.12. The van der Waals surface area contributed by atoms with Crippen LogP contribution in [0, 0.1) is 0 Å². The summed E-state index contributed by atoms with van der Waals surface area (Å²) in [7, 11) is 0. The second kappa shape index (κ2) is 4.17. The fourth-order valence-corrected chi connectivity index (χ4v) is 1.28. The maximum Gasteiger partial charge on any atom is 0.258 e. The molecular weight excluding hydrogens is 201 g/mol. The van der Waals surface area contributed by atoms with E-state index in [-0.39, 0.29) is 10.7 Å². The van der Waals surface area contributed by atoms with Crippen LogP contribution in [-0.4, -0.2) is 9.49 Å². The van der Waals surface area contributed by atoms with Crippen molar-refractivity contribution in [1.82, 2.24) is 15.2 Å². The van der Waals surface area contributed by atoms with Gasteiger partial charge in [-0.2, -0.15) is 5.54 Å². The molecule has 1 heterocycles. The first-order valence-electron chi connectivity index (χ1n) is 3.04. The zero-order valence-electron chi connectivity index (χ0n) is 5.89. The summed E-state index contributed by atoms with van der Waals surface area (Å²) >= 11 is 5.67. The summed E-state index contributed by atoms with van der Waals surface area (Å²) in [6.45, 7) is 0.346. The minimum atomic E-state index is -0.157. The van der Waals surface area contributed by atoms with Gasteiger partial charge in [-0.25, -0.2) is 0 Å². The molecule has 66 valence electrons. The number of hydrogen-bond donors (Lipinski definition) is 3. The molecule has 0 atom stereocenters. The lowest BCUT2D eigenvalue weighted by molar-refractivity contribution is 0.428. The van der Waals surface area contributed by atoms with E-state index in [2.05, 4.69) is 21.9 Å². The summed E-state index contributed by atoms with van der Waals surface area (Å²) in [6.07, 6.45) is 0. The molecule has 4 nitrogen and oxygen atoms in total. The predicted octanol–water partition coefficient (Wildman–Crippen LogP) is 0.285. The van der Waals surface area contributed by atoms with E-state index in [0.29, 0.717) is 6.54 Å². The van der Waals surface area contributed by atoms with Crippen LogP contribution >= 0.6 is 23.8 Å². The quantitative estimate of drug-likeness (QED) is 0.482. The van der Waals surface area contributed by atoms with Crippen molar-refractivity contribution in [3.8, 4) is 0 Å². The summed E-state index contributed by atoms with van der Waals surface area (Å²) in [4.78, 5) is 11.4. The Balaban J connectivity index is 2.43. The van der Waals surface area contributed by atoms with Gasteiger partial charge in [0.2, 0.25) is 0 Å². The fourth-order valence-electron chi connectivity index (χ4n) is 0.609. The second-order valence-corrected chi connectivity index (χ2v) is 3.30. The molecule has 0 aromatic carbocycles. The normalized spacial score (nSPS) is 9.42. The van der Waals surface area contributed by atoms with Crippen LogP contribution in [0.2, 0.25) is 0 Å². The lowest BCUT2D eigenvalue weighted by Gasteiger charge is -2.00. The lowest BCUT2D eigenvalue weighted by atomic mass is 10.5. The van der Waals surface area contributed by atoms with E-state index in [1.165, 1.54) is 23.1 Å². The molecule has 1 aromatic heterocycles. The van der Waals surface area contributed by atoms with Gasteiger partial charge >= 0.3 is 0 Å². The molecule has 0 radical (unpaired) electrons. The van der Waals surface area contributed by atoms with Gasteiger partial charge in [0.05, 0.1) is 6.54 Å². The van der Waals surface area contributed by atoms with E-state index in [0.717, 1.165) is 4.88 Å². The van der Waals surface area contributed by atoms with Crippen molar-refractivity contribution in [3.05, 3.63) is 21.3 Å². The van der Waals surface area contributed by atoms with Gasteiger partial charge in [-0.15, -0.1) is 4.48 Å². The van der Waals surface area contributed by atoms with Gasteiger partial charge in [0.25, 0.3) is 5.56 Å². The third-order valence-electron chi connectivity index (χ3n) is 1.08. The largest absolute Gasteiger partial charge is 0.356 e. The summed E-state index contributed by atoms with van der Waals surface area (Å²) < 4.78 is 14.1. The average Bonchev–Trinajstić information content (AvgIpc) is 2.47. The summed E-state index contributed by atoms with van der Waals surface area (Å²) in [6, 6.07) is 1.43. The number of thiocarbonyl (C=S) groups is 1. The monoisotopic (exact) mass is 207 g/mol. The summed E-state index contributed by atoms with van der Waals surface area (Å²) in [5.74, 6) is 0. The first-order valence-corrected chi connectivity index (χ1v) is 4.26. The SMILES string of the molecule is O=c1cc(CNC(=S)NF)s[nH]1. The van der Waals surface area contributed by atoms with Crippen molar-refractivity contribution < 1.29 is 4.48 Å². The smallest absolute Gasteiger partial charge is 0.258 e. The molecule has 0 unspecified atom stereocenters. The predicted molar refractivity (Wildman–Crippen MR) is 48.6 cm³/mol. The van der Waals surface area contributed by atoms with Crippen LogP contribution < -0.4 is 16.4 Å². The van der Waals surface area contributed by atoms with Crippen LogP contribution in [0.15, 0.2) is 10.9 Å². The maximum atomic E-state index is 11.6. The van der Waals surface area contributed by atoms with E-state index < -0.39 is 0 Å². The standard InChI is InChI=1S/C5H6FN3OS2/c6-8-5(11)7-2-3-1-4(10)9-12-3/h1H,2H2,(H,9,10)(H2,7,8,11). The Morgan fingerprint density at radius 1 is 1.83 bits per heavy atom. The Morgan fingerprint density at radius 2 is 2.58 bits per heavy atom. The number of H-pyrrole nitrogens is 1. The number of nitrogens with one attached hydrogen (secondary N) is 3. The Labute approximate surface area is 76.9 Å². The molecule has 0 aliphatic carbocycles. The van der Waals surface area contributed by atoms with Crippen LogP contribution in [0.25, 0.3) is 0 Å². The number of aromatic amines is 1. The highest BCUT2D eigenvalue weighted by atomic mass is 32.1. The van der Waals surface area contributed by atoms with Crippen LogP contribution in [0.5, 0.6) is 0 Å². The topological polar surface area (TPSA) is 56.9 Å². The average molecular weight is 207 g/mol.